The van der Waals surface area contributed by atoms with Crippen molar-refractivity contribution in [3.05, 3.63) is 34.1 Å². The van der Waals surface area contributed by atoms with Gasteiger partial charge in [0, 0.05) is 4.47 Å². The van der Waals surface area contributed by atoms with E-state index in [1.807, 2.05) is 0 Å². The molecule has 0 saturated heterocycles. The highest BCUT2D eigenvalue weighted by molar-refractivity contribution is 9.10. The minimum atomic E-state index is -0.546. The number of hydrogen-bond donors (Lipinski definition) is 1. The van der Waals surface area contributed by atoms with Gasteiger partial charge in [-0.1, -0.05) is 28.8 Å². The molecule has 0 aromatic heterocycles. The third-order valence-electron chi connectivity index (χ3n) is 2.86. The first-order chi connectivity index (χ1) is 7.16. The maximum atomic E-state index is 13.0. The molecular weight excluding hydrogens is 259 g/mol. The average molecular weight is 273 g/mol. The summed E-state index contributed by atoms with van der Waals surface area (Å²) in [6.07, 6.45) is 3.81. The first-order valence-corrected chi connectivity index (χ1v) is 6.09. The van der Waals surface area contributed by atoms with Gasteiger partial charge < -0.3 is 5.11 Å². The molecule has 2 rings (SSSR count). The molecule has 1 saturated carbocycles. The predicted octanol–water partition coefficient (Wildman–Crippen LogP) is 3.81. The van der Waals surface area contributed by atoms with Crippen LogP contribution in [0.25, 0.3) is 0 Å². The topological polar surface area (TPSA) is 20.2 Å². The molecule has 3 heteroatoms. The highest BCUT2D eigenvalue weighted by Gasteiger charge is 2.23. The summed E-state index contributed by atoms with van der Waals surface area (Å²) in [5.41, 5.74) is 0.663. The second-order valence-electron chi connectivity index (χ2n) is 4.20. The Morgan fingerprint density at radius 3 is 2.87 bits per heavy atom. The van der Waals surface area contributed by atoms with Crippen LogP contribution in [0.1, 0.15) is 37.4 Å². The standard InChI is InChI=1S/C12H14BrFO/c13-11-5-4-9(14)7-10(11)12(15)6-3-8-1-2-8/h4-5,7-8,12,15H,1-3,6H2. The second kappa shape index (κ2) is 4.62. The van der Waals surface area contributed by atoms with Gasteiger partial charge in [0.15, 0.2) is 0 Å². The third kappa shape index (κ3) is 3.02. The first kappa shape index (κ1) is 11.1. The van der Waals surface area contributed by atoms with E-state index in [1.54, 1.807) is 6.07 Å². The number of halogens is 2. The van der Waals surface area contributed by atoms with Crippen LogP contribution in [0, 0.1) is 11.7 Å². The normalized spacial score (nSPS) is 17.8. The molecule has 0 bridgehead atoms. The molecule has 1 unspecified atom stereocenters. The lowest BCUT2D eigenvalue weighted by atomic mass is 10.0. The Bertz CT molecular complexity index is 349. The summed E-state index contributed by atoms with van der Waals surface area (Å²) in [4.78, 5) is 0. The molecule has 0 radical (unpaired) electrons. The van der Waals surface area contributed by atoms with E-state index in [0.717, 1.165) is 23.2 Å². The molecule has 1 nitrogen and oxygen atoms in total. The van der Waals surface area contributed by atoms with Crippen LogP contribution in [0.5, 0.6) is 0 Å². The number of benzene rings is 1. The number of rotatable bonds is 4. The lowest BCUT2D eigenvalue weighted by Crippen LogP contribution is -1.99. The fourth-order valence-corrected chi connectivity index (χ4v) is 2.24. The molecule has 1 aromatic carbocycles. The zero-order valence-electron chi connectivity index (χ0n) is 8.42. The Hall–Kier alpha value is -0.410. The van der Waals surface area contributed by atoms with Crippen molar-refractivity contribution in [2.75, 3.05) is 0 Å². The van der Waals surface area contributed by atoms with Crippen molar-refractivity contribution in [2.24, 2.45) is 5.92 Å². The summed E-state index contributed by atoms with van der Waals surface area (Å²) in [6.45, 7) is 0. The van der Waals surface area contributed by atoms with Gasteiger partial charge in [0.05, 0.1) is 6.10 Å². The van der Waals surface area contributed by atoms with Crippen LogP contribution in [0.4, 0.5) is 4.39 Å². The maximum Gasteiger partial charge on any atom is 0.123 e. The summed E-state index contributed by atoms with van der Waals surface area (Å²) in [5.74, 6) is 0.505. The van der Waals surface area contributed by atoms with Crippen LogP contribution in [0.3, 0.4) is 0 Å². The lowest BCUT2D eigenvalue weighted by molar-refractivity contribution is 0.161. The first-order valence-electron chi connectivity index (χ1n) is 5.30. The Morgan fingerprint density at radius 2 is 2.20 bits per heavy atom. The van der Waals surface area contributed by atoms with Gasteiger partial charge in [-0.05, 0) is 42.5 Å². The van der Waals surface area contributed by atoms with Crippen LogP contribution >= 0.6 is 15.9 Å². The summed E-state index contributed by atoms with van der Waals surface area (Å²) in [6, 6.07) is 4.44. The quantitative estimate of drug-likeness (QED) is 0.884. The largest absolute Gasteiger partial charge is 0.388 e. The smallest absolute Gasteiger partial charge is 0.123 e. The molecule has 1 aliphatic rings. The molecule has 0 heterocycles. The van der Waals surface area contributed by atoms with Crippen molar-refractivity contribution in [1.82, 2.24) is 0 Å². The van der Waals surface area contributed by atoms with Crippen molar-refractivity contribution in [3.8, 4) is 0 Å². The maximum absolute atomic E-state index is 13.0. The molecule has 1 aromatic rings. The summed E-state index contributed by atoms with van der Waals surface area (Å²) < 4.78 is 13.8. The van der Waals surface area contributed by atoms with Crippen LogP contribution in [0.15, 0.2) is 22.7 Å². The van der Waals surface area contributed by atoms with Gasteiger partial charge >= 0.3 is 0 Å². The third-order valence-corrected chi connectivity index (χ3v) is 3.58. The highest BCUT2D eigenvalue weighted by Crippen LogP contribution is 2.37. The fourth-order valence-electron chi connectivity index (χ4n) is 1.73. The number of aliphatic hydroxyl groups excluding tert-OH is 1. The summed E-state index contributed by atoms with van der Waals surface area (Å²) in [7, 11) is 0. The van der Waals surface area contributed by atoms with Gasteiger partial charge in [-0.25, -0.2) is 4.39 Å². The summed E-state index contributed by atoms with van der Waals surface area (Å²) in [5, 5.41) is 9.91. The monoisotopic (exact) mass is 272 g/mol. The SMILES string of the molecule is OC(CCC1CC1)c1cc(F)ccc1Br. The van der Waals surface area contributed by atoms with E-state index in [9.17, 15) is 9.50 Å². The van der Waals surface area contributed by atoms with Gasteiger partial charge in [-0.2, -0.15) is 0 Å². The van der Waals surface area contributed by atoms with Gasteiger partial charge in [0.25, 0.3) is 0 Å². The van der Waals surface area contributed by atoms with E-state index in [0.29, 0.717) is 5.56 Å². The van der Waals surface area contributed by atoms with Crippen molar-refractivity contribution >= 4 is 15.9 Å². The van der Waals surface area contributed by atoms with E-state index < -0.39 is 6.10 Å². The zero-order chi connectivity index (χ0) is 10.8. The average Bonchev–Trinajstić information content (AvgIpc) is 3.02. The number of aliphatic hydroxyl groups is 1. The van der Waals surface area contributed by atoms with E-state index in [1.165, 1.54) is 25.0 Å². The van der Waals surface area contributed by atoms with Crippen molar-refractivity contribution < 1.29 is 9.50 Å². The fraction of sp³-hybridized carbons (Fsp3) is 0.500. The lowest BCUT2D eigenvalue weighted by Gasteiger charge is -2.12. The Morgan fingerprint density at radius 1 is 1.47 bits per heavy atom. The minimum absolute atomic E-state index is 0.293. The Kier molecular flexibility index (Phi) is 3.42. The van der Waals surface area contributed by atoms with Crippen LogP contribution in [-0.4, -0.2) is 5.11 Å². The molecule has 1 fully saturated rings. The number of hydrogen-bond acceptors (Lipinski definition) is 1. The van der Waals surface area contributed by atoms with Gasteiger partial charge in [-0.15, -0.1) is 0 Å². The van der Waals surface area contributed by atoms with Gasteiger partial charge in [-0.3, -0.25) is 0 Å². The van der Waals surface area contributed by atoms with Crippen molar-refractivity contribution in [1.29, 1.82) is 0 Å². The van der Waals surface area contributed by atoms with Crippen molar-refractivity contribution in [3.63, 3.8) is 0 Å². The predicted molar refractivity (Wildman–Crippen MR) is 61.0 cm³/mol. The van der Waals surface area contributed by atoms with Crippen molar-refractivity contribution in [2.45, 2.75) is 31.8 Å². The zero-order valence-corrected chi connectivity index (χ0v) is 10.0. The molecule has 15 heavy (non-hydrogen) atoms. The highest BCUT2D eigenvalue weighted by atomic mass is 79.9. The van der Waals surface area contributed by atoms with Crippen LogP contribution < -0.4 is 0 Å². The molecule has 82 valence electrons. The van der Waals surface area contributed by atoms with Gasteiger partial charge in [0.2, 0.25) is 0 Å². The molecule has 1 aliphatic carbocycles. The van der Waals surface area contributed by atoms with E-state index in [-0.39, 0.29) is 5.82 Å². The van der Waals surface area contributed by atoms with E-state index >= 15 is 0 Å². The molecule has 0 amide bonds. The molecular formula is C12H14BrFO. The molecule has 0 aliphatic heterocycles. The molecule has 1 atom stereocenters. The molecule has 0 spiro atoms. The van der Waals surface area contributed by atoms with Crippen LogP contribution in [-0.2, 0) is 0 Å². The van der Waals surface area contributed by atoms with Crippen LogP contribution in [0.2, 0.25) is 0 Å². The second-order valence-corrected chi connectivity index (χ2v) is 5.06. The van der Waals surface area contributed by atoms with E-state index in [2.05, 4.69) is 15.9 Å². The molecule has 1 N–H and O–H groups in total. The summed E-state index contributed by atoms with van der Waals surface area (Å²) >= 11 is 3.33. The van der Waals surface area contributed by atoms with E-state index in [4.69, 9.17) is 0 Å². The van der Waals surface area contributed by atoms with Gasteiger partial charge in [0.1, 0.15) is 5.82 Å². The Labute approximate surface area is 97.4 Å². The minimum Gasteiger partial charge on any atom is -0.388 e. The Balaban J connectivity index is 2.02.